The zero-order chi connectivity index (χ0) is 30.8. The second-order valence-electron chi connectivity index (χ2n) is 11.4. The topological polar surface area (TPSA) is 125 Å². The molecule has 7 atom stereocenters. The first-order valence-electron chi connectivity index (χ1n) is 14.4. The van der Waals surface area contributed by atoms with Gasteiger partial charge in [-0.2, -0.15) is 0 Å². The average Bonchev–Trinajstić information content (AvgIpc) is 3.61. The van der Waals surface area contributed by atoms with Gasteiger partial charge in [-0.3, -0.25) is 19.2 Å². The molecule has 0 aromatic heterocycles. The van der Waals surface area contributed by atoms with E-state index in [1.807, 2.05) is 13.0 Å². The van der Waals surface area contributed by atoms with E-state index in [0.717, 1.165) is 5.56 Å². The summed E-state index contributed by atoms with van der Waals surface area (Å²) >= 11 is 6.57. The Balaban J connectivity index is 1.64. The van der Waals surface area contributed by atoms with Gasteiger partial charge in [0.2, 0.25) is 11.8 Å². The molecule has 42 heavy (non-hydrogen) atoms. The van der Waals surface area contributed by atoms with Crippen LogP contribution in [-0.4, -0.2) is 83.3 Å². The van der Waals surface area contributed by atoms with Gasteiger partial charge in [0.15, 0.2) is 0 Å². The fourth-order valence-corrected chi connectivity index (χ4v) is 6.95. The van der Waals surface area contributed by atoms with Gasteiger partial charge in [0, 0.05) is 13.0 Å². The van der Waals surface area contributed by atoms with E-state index in [0.29, 0.717) is 30.0 Å². The van der Waals surface area contributed by atoms with Gasteiger partial charge in [-0.05, 0) is 51.7 Å². The van der Waals surface area contributed by atoms with Crippen molar-refractivity contribution in [2.45, 2.75) is 76.3 Å². The van der Waals surface area contributed by atoms with Gasteiger partial charge >= 0.3 is 5.97 Å². The first-order chi connectivity index (χ1) is 20.0. The monoisotopic (exact) mass is 601 g/mol. The van der Waals surface area contributed by atoms with Crippen molar-refractivity contribution in [3.63, 3.8) is 0 Å². The molecule has 4 rings (SSSR count). The lowest BCUT2D eigenvalue weighted by atomic mass is 9.70. The number of likely N-dealkylation sites (tertiary alicyclic amines) is 1. The number of fused-ring (bicyclic) bond motifs is 1. The Kier molecular flexibility index (Phi) is 9.80. The minimum absolute atomic E-state index is 0.117. The van der Waals surface area contributed by atoms with E-state index >= 15 is 0 Å². The molecule has 3 saturated heterocycles. The third-order valence-corrected chi connectivity index (χ3v) is 8.80. The summed E-state index contributed by atoms with van der Waals surface area (Å²) in [5.74, 6) is -3.53. The minimum atomic E-state index is -1.28. The highest BCUT2D eigenvalue weighted by Crippen LogP contribution is 2.59. The number of allylic oxidation sites excluding steroid dienone is 1. The number of benzene rings is 1. The van der Waals surface area contributed by atoms with Crippen LogP contribution in [0.3, 0.4) is 0 Å². The van der Waals surface area contributed by atoms with Crippen molar-refractivity contribution >= 4 is 41.0 Å². The third-order valence-electron chi connectivity index (χ3n) is 8.50. The maximum atomic E-state index is 14.5. The van der Waals surface area contributed by atoms with Crippen LogP contribution < -0.4 is 10.2 Å². The number of hydrogen-bond acceptors (Lipinski definition) is 7. The number of nitrogens with zero attached hydrogens (tertiary/aromatic N) is 2. The van der Waals surface area contributed by atoms with Crippen LogP contribution in [0.2, 0.25) is 5.02 Å². The lowest BCUT2D eigenvalue weighted by Crippen LogP contribution is -2.58. The largest absolute Gasteiger partial charge is 0.460 e. The van der Waals surface area contributed by atoms with E-state index in [4.69, 9.17) is 21.1 Å². The number of ether oxygens (including phenoxy) is 2. The molecule has 3 fully saturated rings. The molecule has 1 aromatic rings. The minimum Gasteiger partial charge on any atom is -0.460 e. The van der Waals surface area contributed by atoms with Crippen LogP contribution >= 0.6 is 11.6 Å². The Morgan fingerprint density at radius 3 is 2.69 bits per heavy atom. The van der Waals surface area contributed by atoms with E-state index < -0.39 is 59.5 Å². The number of hydrogen-bond donors (Lipinski definition) is 2. The molecule has 3 aliphatic rings. The SMILES string of the molecule is C=CCCC(=O)NC[C@@H](C)OC(=O)[C@@H]1[C@@H]2CC[C@]3(O2)[C@H](C(=O)N(CC=C)c2c(C)cccc2Cl)N([C@H](C)CO)C(=O)[C@@H]13. The predicted molar refractivity (Wildman–Crippen MR) is 158 cm³/mol. The van der Waals surface area contributed by atoms with E-state index in [2.05, 4.69) is 18.5 Å². The molecule has 0 radical (unpaired) electrons. The lowest BCUT2D eigenvalue weighted by molar-refractivity contribution is -0.159. The summed E-state index contributed by atoms with van der Waals surface area (Å²) in [7, 11) is 0. The Morgan fingerprint density at radius 1 is 1.31 bits per heavy atom. The van der Waals surface area contributed by atoms with Crippen LogP contribution in [0.5, 0.6) is 0 Å². The maximum absolute atomic E-state index is 14.5. The van der Waals surface area contributed by atoms with Gasteiger partial charge in [-0.15, -0.1) is 13.2 Å². The average molecular weight is 602 g/mol. The summed E-state index contributed by atoms with van der Waals surface area (Å²) in [5.41, 5.74) is -0.00945. The molecule has 1 spiro atoms. The van der Waals surface area contributed by atoms with Gasteiger partial charge in [0.05, 0.1) is 47.8 Å². The summed E-state index contributed by atoms with van der Waals surface area (Å²) in [4.78, 5) is 57.0. The zero-order valence-corrected chi connectivity index (χ0v) is 25.1. The molecule has 11 heteroatoms. The number of aliphatic hydroxyl groups is 1. The molecule has 3 heterocycles. The van der Waals surface area contributed by atoms with Crippen molar-refractivity contribution in [3.8, 4) is 0 Å². The lowest BCUT2D eigenvalue weighted by Gasteiger charge is -2.39. The number of esters is 1. The second kappa shape index (κ2) is 13.0. The van der Waals surface area contributed by atoms with Crippen LogP contribution in [0.25, 0.3) is 0 Å². The van der Waals surface area contributed by atoms with E-state index in [1.54, 1.807) is 38.1 Å². The first kappa shape index (κ1) is 31.7. The van der Waals surface area contributed by atoms with Crippen LogP contribution in [0, 0.1) is 18.8 Å². The molecule has 10 nitrogen and oxygen atoms in total. The number of aryl methyl sites for hydroxylation is 1. The van der Waals surface area contributed by atoms with Crippen LogP contribution in [0.15, 0.2) is 43.5 Å². The Hall–Kier alpha value is -3.21. The van der Waals surface area contributed by atoms with Gasteiger partial charge < -0.3 is 29.7 Å². The number of nitrogens with one attached hydrogen (secondary N) is 1. The molecular weight excluding hydrogens is 562 g/mol. The molecular formula is C31H40ClN3O7. The Labute approximate surface area is 251 Å². The number of amides is 3. The standard InChI is InChI=1S/C31H40ClN3O7/c1-6-8-12-23(37)33-16-20(5)41-30(40)24-22-13-14-31(42-22)25(24)28(38)35(19(4)17-36)27(31)29(39)34(15-7-2)26-18(3)10-9-11-21(26)32/h6-7,9-11,19-20,22,24-25,27,36H,1-2,8,12-17H2,3-5H3,(H,33,37)/t19-,20-,22+,24-,25-,27+,31-/m1/s1. The van der Waals surface area contributed by atoms with Crippen molar-refractivity contribution in [1.29, 1.82) is 0 Å². The highest BCUT2D eigenvalue weighted by Gasteiger charge is 2.75. The van der Waals surface area contributed by atoms with Crippen LogP contribution in [0.1, 0.15) is 45.1 Å². The molecule has 3 amide bonds. The summed E-state index contributed by atoms with van der Waals surface area (Å²) < 4.78 is 12.2. The van der Waals surface area contributed by atoms with Gasteiger partial charge in [0.1, 0.15) is 17.7 Å². The van der Waals surface area contributed by atoms with E-state index in [9.17, 15) is 24.3 Å². The normalized spacial score (nSPS) is 27.3. The molecule has 0 aliphatic carbocycles. The number of aliphatic hydroxyl groups excluding tert-OH is 1. The van der Waals surface area contributed by atoms with Crippen LogP contribution in [-0.2, 0) is 28.7 Å². The van der Waals surface area contributed by atoms with Crippen molar-refractivity contribution in [3.05, 3.63) is 54.1 Å². The highest BCUT2D eigenvalue weighted by atomic mass is 35.5. The second-order valence-corrected chi connectivity index (χ2v) is 11.8. The summed E-state index contributed by atoms with van der Waals surface area (Å²) in [5, 5.41) is 13.2. The van der Waals surface area contributed by atoms with E-state index in [1.165, 1.54) is 9.80 Å². The van der Waals surface area contributed by atoms with Gasteiger partial charge in [-0.1, -0.05) is 35.9 Å². The molecule has 0 unspecified atom stereocenters. The fourth-order valence-electron chi connectivity index (χ4n) is 6.63. The quantitative estimate of drug-likeness (QED) is 0.263. The smallest absolute Gasteiger partial charge is 0.312 e. The molecule has 3 aliphatic heterocycles. The fraction of sp³-hybridized carbons (Fsp3) is 0.548. The molecule has 228 valence electrons. The zero-order valence-electron chi connectivity index (χ0n) is 24.4. The summed E-state index contributed by atoms with van der Waals surface area (Å²) in [6.07, 6.45) is 3.66. The van der Waals surface area contributed by atoms with Gasteiger partial charge in [0.25, 0.3) is 5.91 Å². The maximum Gasteiger partial charge on any atom is 0.312 e. The predicted octanol–water partition coefficient (Wildman–Crippen LogP) is 2.94. The van der Waals surface area contributed by atoms with Crippen molar-refractivity contribution in [2.24, 2.45) is 11.8 Å². The van der Waals surface area contributed by atoms with Crippen molar-refractivity contribution in [2.75, 3.05) is 24.6 Å². The number of anilines is 1. The summed E-state index contributed by atoms with van der Waals surface area (Å²) in [6.45, 7) is 12.4. The number of rotatable bonds is 13. The van der Waals surface area contributed by atoms with Crippen molar-refractivity contribution < 1.29 is 33.8 Å². The van der Waals surface area contributed by atoms with Crippen molar-refractivity contribution in [1.82, 2.24) is 10.2 Å². The number of carbonyl (C=O) groups excluding carboxylic acids is 4. The molecule has 0 saturated carbocycles. The number of carbonyl (C=O) groups is 4. The molecule has 1 aromatic carbocycles. The van der Waals surface area contributed by atoms with E-state index in [-0.39, 0.29) is 32.0 Å². The Morgan fingerprint density at radius 2 is 2.05 bits per heavy atom. The highest BCUT2D eigenvalue weighted by molar-refractivity contribution is 6.34. The molecule has 2 bridgehead atoms. The van der Waals surface area contributed by atoms with Gasteiger partial charge in [-0.25, -0.2) is 0 Å². The third kappa shape index (κ3) is 5.59. The summed E-state index contributed by atoms with van der Waals surface area (Å²) in [6, 6.07) is 3.50. The first-order valence-corrected chi connectivity index (χ1v) is 14.8. The van der Waals surface area contributed by atoms with Crippen LogP contribution in [0.4, 0.5) is 5.69 Å². The number of para-hydroxylation sites is 1. The molecule has 2 N–H and O–H groups in total. The Bertz CT molecular complexity index is 1230. The number of halogens is 1.